The average Bonchev–Trinajstić information content (AvgIpc) is 2.55. The van der Waals surface area contributed by atoms with Crippen molar-refractivity contribution in [3.63, 3.8) is 0 Å². The Balaban J connectivity index is 2.80. The van der Waals surface area contributed by atoms with E-state index in [1.807, 2.05) is 32.0 Å². The van der Waals surface area contributed by atoms with Gasteiger partial charge in [-0.3, -0.25) is 0 Å². The molecule has 0 unspecified atom stereocenters. The van der Waals surface area contributed by atoms with E-state index in [2.05, 4.69) is 23.4 Å². The van der Waals surface area contributed by atoms with Gasteiger partial charge in [0.15, 0.2) is 0 Å². The van der Waals surface area contributed by atoms with Gasteiger partial charge in [-0.1, -0.05) is 11.6 Å². The molecule has 0 aliphatic heterocycles. The highest BCUT2D eigenvalue weighted by Crippen LogP contribution is 2.28. The Kier molecular flexibility index (Phi) is 2.92. The first-order valence-electron chi connectivity index (χ1n) is 5.77. The number of hydrogen-bond donors (Lipinski definition) is 1. The third-order valence-corrected chi connectivity index (χ3v) is 2.98. The fraction of sp³-hybridized carbons (Fsp3) is 0.462. The highest BCUT2D eigenvalue weighted by atomic mass is 35.5. The van der Waals surface area contributed by atoms with Crippen LogP contribution in [-0.4, -0.2) is 9.55 Å². The first-order valence-corrected chi connectivity index (χ1v) is 6.15. The van der Waals surface area contributed by atoms with E-state index in [0.717, 1.165) is 16.9 Å². The first kappa shape index (κ1) is 12.4. The smallest absolute Gasteiger partial charge is 0.129 e. The quantitative estimate of drug-likeness (QED) is 0.888. The zero-order chi connectivity index (χ0) is 12.8. The van der Waals surface area contributed by atoms with Gasteiger partial charge >= 0.3 is 0 Å². The van der Waals surface area contributed by atoms with Crippen molar-refractivity contribution < 1.29 is 0 Å². The summed E-state index contributed by atoms with van der Waals surface area (Å²) in [4.78, 5) is 4.62. The Morgan fingerprint density at radius 3 is 2.53 bits per heavy atom. The van der Waals surface area contributed by atoms with Crippen LogP contribution in [0.5, 0.6) is 0 Å². The second-order valence-electron chi connectivity index (χ2n) is 5.25. The van der Waals surface area contributed by atoms with Gasteiger partial charge in [-0.05, 0) is 45.9 Å². The molecule has 0 atom stereocenters. The molecule has 2 aromatic rings. The zero-order valence-corrected chi connectivity index (χ0v) is 11.4. The predicted molar refractivity (Wildman–Crippen MR) is 72.3 cm³/mol. The summed E-state index contributed by atoms with van der Waals surface area (Å²) in [6.45, 7) is 8.19. The maximum atomic E-state index is 6.18. The Morgan fingerprint density at radius 2 is 2.00 bits per heavy atom. The van der Waals surface area contributed by atoms with Crippen molar-refractivity contribution >= 4 is 22.6 Å². The SMILES string of the molecule is CC(C)n1c(C(C)(C)N)nc2cc(Cl)ccc21. The van der Waals surface area contributed by atoms with Crippen molar-refractivity contribution in [2.75, 3.05) is 0 Å². The molecule has 0 spiro atoms. The minimum atomic E-state index is -0.463. The molecule has 17 heavy (non-hydrogen) atoms. The number of imidazole rings is 1. The molecule has 0 saturated carbocycles. The minimum Gasteiger partial charge on any atom is -0.324 e. The molecule has 0 fully saturated rings. The largest absolute Gasteiger partial charge is 0.324 e. The number of benzene rings is 1. The molecule has 0 aliphatic carbocycles. The lowest BCUT2D eigenvalue weighted by atomic mass is 10.1. The molecule has 0 aliphatic rings. The third-order valence-electron chi connectivity index (χ3n) is 2.74. The average molecular weight is 252 g/mol. The van der Waals surface area contributed by atoms with Gasteiger partial charge in [-0.25, -0.2) is 4.98 Å². The summed E-state index contributed by atoms with van der Waals surface area (Å²) in [5.41, 5.74) is 7.70. The fourth-order valence-corrected chi connectivity index (χ4v) is 2.22. The van der Waals surface area contributed by atoms with E-state index in [4.69, 9.17) is 17.3 Å². The second-order valence-corrected chi connectivity index (χ2v) is 5.69. The lowest BCUT2D eigenvalue weighted by Gasteiger charge is -2.22. The molecule has 0 saturated heterocycles. The normalized spacial score (nSPS) is 12.6. The molecule has 4 heteroatoms. The lowest BCUT2D eigenvalue weighted by Crippen LogP contribution is -2.33. The van der Waals surface area contributed by atoms with E-state index in [-0.39, 0.29) is 0 Å². The predicted octanol–water partition coefficient (Wildman–Crippen LogP) is 3.46. The number of fused-ring (bicyclic) bond motifs is 1. The molecule has 1 aromatic carbocycles. The van der Waals surface area contributed by atoms with Crippen LogP contribution < -0.4 is 5.73 Å². The summed E-state index contributed by atoms with van der Waals surface area (Å²) < 4.78 is 2.17. The van der Waals surface area contributed by atoms with Crippen LogP contribution in [0.1, 0.15) is 39.6 Å². The molecular weight excluding hydrogens is 234 g/mol. The van der Waals surface area contributed by atoms with Gasteiger partial charge in [0.05, 0.1) is 16.6 Å². The fourth-order valence-electron chi connectivity index (χ4n) is 2.05. The van der Waals surface area contributed by atoms with Gasteiger partial charge in [0.1, 0.15) is 5.82 Å². The van der Waals surface area contributed by atoms with E-state index in [9.17, 15) is 0 Å². The topological polar surface area (TPSA) is 43.8 Å². The first-order chi connectivity index (χ1) is 7.80. The van der Waals surface area contributed by atoms with E-state index in [1.165, 1.54) is 0 Å². The maximum absolute atomic E-state index is 6.18. The van der Waals surface area contributed by atoms with Crippen LogP contribution in [0.4, 0.5) is 0 Å². The van der Waals surface area contributed by atoms with Gasteiger partial charge in [0.2, 0.25) is 0 Å². The van der Waals surface area contributed by atoms with Gasteiger partial charge in [-0.2, -0.15) is 0 Å². The monoisotopic (exact) mass is 251 g/mol. The van der Waals surface area contributed by atoms with Crippen molar-refractivity contribution in [1.82, 2.24) is 9.55 Å². The van der Waals surface area contributed by atoms with Crippen LogP contribution in [-0.2, 0) is 5.54 Å². The molecule has 2 rings (SSSR count). The second kappa shape index (κ2) is 4.00. The van der Waals surface area contributed by atoms with Crippen molar-refractivity contribution in [3.8, 4) is 0 Å². The molecule has 3 nitrogen and oxygen atoms in total. The lowest BCUT2D eigenvalue weighted by molar-refractivity contribution is 0.457. The summed E-state index contributed by atoms with van der Waals surface area (Å²) in [6, 6.07) is 6.09. The van der Waals surface area contributed by atoms with Crippen molar-refractivity contribution in [2.24, 2.45) is 5.73 Å². The molecule has 1 heterocycles. The maximum Gasteiger partial charge on any atom is 0.129 e. The molecule has 2 N–H and O–H groups in total. The Labute approximate surface area is 107 Å². The molecular formula is C13H18ClN3. The van der Waals surface area contributed by atoms with E-state index >= 15 is 0 Å². The zero-order valence-electron chi connectivity index (χ0n) is 10.7. The Bertz CT molecular complexity index is 550. The highest BCUT2D eigenvalue weighted by Gasteiger charge is 2.24. The summed E-state index contributed by atoms with van der Waals surface area (Å²) in [5, 5.41) is 0.701. The van der Waals surface area contributed by atoms with Crippen LogP contribution in [0.2, 0.25) is 5.02 Å². The molecule has 0 amide bonds. The number of nitrogens with two attached hydrogens (primary N) is 1. The number of rotatable bonds is 2. The van der Waals surface area contributed by atoms with Crippen LogP contribution in [0.3, 0.4) is 0 Å². The summed E-state index contributed by atoms with van der Waals surface area (Å²) in [7, 11) is 0. The standard InChI is InChI=1S/C13H18ClN3/c1-8(2)17-11-6-5-9(14)7-10(11)16-12(17)13(3,4)15/h5-8H,15H2,1-4H3. The highest BCUT2D eigenvalue weighted by molar-refractivity contribution is 6.31. The van der Waals surface area contributed by atoms with Crippen LogP contribution in [0.15, 0.2) is 18.2 Å². The van der Waals surface area contributed by atoms with Gasteiger partial charge in [-0.15, -0.1) is 0 Å². The number of hydrogen-bond acceptors (Lipinski definition) is 2. The third kappa shape index (κ3) is 2.17. The van der Waals surface area contributed by atoms with Crippen LogP contribution >= 0.6 is 11.6 Å². The number of aromatic nitrogens is 2. The minimum absolute atomic E-state index is 0.319. The molecule has 0 bridgehead atoms. The summed E-state index contributed by atoms with van der Waals surface area (Å²) in [6.07, 6.45) is 0. The van der Waals surface area contributed by atoms with Crippen LogP contribution in [0.25, 0.3) is 11.0 Å². The molecule has 1 aromatic heterocycles. The van der Waals surface area contributed by atoms with Crippen molar-refractivity contribution in [1.29, 1.82) is 0 Å². The van der Waals surface area contributed by atoms with Crippen LogP contribution in [0, 0.1) is 0 Å². The van der Waals surface area contributed by atoms with E-state index in [0.29, 0.717) is 11.1 Å². The number of halogens is 1. The van der Waals surface area contributed by atoms with E-state index < -0.39 is 5.54 Å². The Morgan fingerprint density at radius 1 is 1.35 bits per heavy atom. The van der Waals surface area contributed by atoms with Gasteiger partial charge < -0.3 is 10.3 Å². The van der Waals surface area contributed by atoms with E-state index in [1.54, 1.807) is 0 Å². The number of nitrogens with zero attached hydrogens (tertiary/aromatic N) is 2. The van der Waals surface area contributed by atoms with Gasteiger partial charge in [0.25, 0.3) is 0 Å². The summed E-state index contributed by atoms with van der Waals surface area (Å²) >= 11 is 5.99. The van der Waals surface area contributed by atoms with Crippen molar-refractivity contribution in [2.45, 2.75) is 39.3 Å². The molecule has 0 radical (unpaired) electrons. The van der Waals surface area contributed by atoms with Gasteiger partial charge in [0, 0.05) is 11.1 Å². The summed E-state index contributed by atoms with van der Waals surface area (Å²) in [5.74, 6) is 0.893. The molecule has 92 valence electrons. The van der Waals surface area contributed by atoms with Crippen molar-refractivity contribution in [3.05, 3.63) is 29.0 Å². The Hall–Kier alpha value is -1.06.